The summed E-state index contributed by atoms with van der Waals surface area (Å²) in [4.78, 5) is 8.29. The molecule has 0 unspecified atom stereocenters. The molecule has 0 atom stereocenters. The van der Waals surface area contributed by atoms with Crippen molar-refractivity contribution in [2.75, 3.05) is 5.73 Å². The van der Waals surface area contributed by atoms with Gasteiger partial charge in [0.15, 0.2) is 0 Å². The minimum atomic E-state index is 0.569. The topological polar surface area (TPSA) is 69.6 Å². The molecule has 2 N–H and O–H groups in total. The fraction of sp³-hybridized carbons (Fsp3) is 0.0833. The molecule has 6 heteroatoms. The predicted molar refractivity (Wildman–Crippen MR) is 73.0 cm³/mol. The first-order chi connectivity index (χ1) is 8.75. The molecule has 0 radical (unpaired) electrons. The standard InChI is InChI=1S/C12H10BrN5/c13-12-11-9(14)2-1-3-10(11)18(17-12)7-8-6-15-4-5-16-8/h1-6H,7,14H2. The Labute approximate surface area is 112 Å². The van der Waals surface area contributed by atoms with E-state index in [1.807, 2.05) is 22.9 Å². The third kappa shape index (κ3) is 1.84. The zero-order chi connectivity index (χ0) is 12.5. The van der Waals surface area contributed by atoms with Crippen LogP contribution in [0.2, 0.25) is 0 Å². The van der Waals surface area contributed by atoms with Crippen molar-refractivity contribution in [2.24, 2.45) is 0 Å². The largest absolute Gasteiger partial charge is 0.398 e. The Hall–Kier alpha value is -1.95. The quantitative estimate of drug-likeness (QED) is 0.737. The fourth-order valence-electron chi connectivity index (χ4n) is 1.89. The van der Waals surface area contributed by atoms with Gasteiger partial charge in [-0.15, -0.1) is 0 Å². The second kappa shape index (κ2) is 4.38. The Balaban J connectivity index is 2.11. The van der Waals surface area contributed by atoms with Gasteiger partial charge in [-0.1, -0.05) is 6.07 Å². The summed E-state index contributed by atoms with van der Waals surface area (Å²) < 4.78 is 2.61. The second-order valence-electron chi connectivity index (χ2n) is 3.89. The first-order valence-electron chi connectivity index (χ1n) is 5.41. The van der Waals surface area contributed by atoms with Crippen LogP contribution in [0.4, 0.5) is 5.69 Å². The molecule has 0 amide bonds. The lowest BCUT2D eigenvalue weighted by atomic mass is 10.2. The molecular formula is C12H10BrN5. The van der Waals surface area contributed by atoms with E-state index in [1.54, 1.807) is 18.6 Å². The van der Waals surface area contributed by atoms with Gasteiger partial charge in [-0.25, -0.2) is 0 Å². The smallest absolute Gasteiger partial charge is 0.138 e. The highest BCUT2D eigenvalue weighted by Gasteiger charge is 2.11. The molecule has 18 heavy (non-hydrogen) atoms. The summed E-state index contributed by atoms with van der Waals surface area (Å²) in [7, 11) is 0. The van der Waals surface area contributed by atoms with E-state index in [1.165, 1.54) is 0 Å². The molecule has 0 aliphatic carbocycles. The van der Waals surface area contributed by atoms with E-state index in [2.05, 4.69) is 31.0 Å². The zero-order valence-corrected chi connectivity index (χ0v) is 11.0. The van der Waals surface area contributed by atoms with E-state index in [4.69, 9.17) is 5.73 Å². The average Bonchev–Trinajstić information content (AvgIpc) is 2.69. The molecule has 2 aromatic heterocycles. The molecule has 0 spiro atoms. The van der Waals surface area contributed by atoms with Gasteiger partial charge in [0.1, 0.15) is 4.60 Å². The highest BCUT2D eigenvalue weighted by atomic mass is 79.9. The number of nitrogens with two attached hydrogens (primary N) is 1. The van der Waals surface area contributed by atoms with Crippen LogP contribution >= 0.6 is 15.9 Å². The molecule has 1 aromatic carbocycles. The van der Waals surface area contributed by atoms with Crippen molar-refractivity contribution in [1.82, 2.24) is 19.7 Å². The summed E-state index contributed by atoms with van der Waals surface area (Å²) in [5, 5.41) is 5.36. The predicted octanol–water partition coefficient (Wildman–Crippen LogP) is 2.22. The van der Waals surface area contributed by atoms with Gasteiger partial charge in [0, 0.05) is 18.1 Å². The Bertz CT molecular complexity index is 692. The van der Waals surface area contributed by atoms with Crippen LogP contribution < -0.4 is 5.73 Å². The van der Waals surface area contributed by atoms with Crippen molar-refractivity contribution in [2.45, 2.75) is 6.54 Å². The minimum absolute atomic E-state index is 0.569. The van der Waals surface area contributed by atoms with Crippen molar-refractivity contribution < 1.29 is 0 Å². The van der Waals surface area contributed by atoms with Gasteiger partial charge in [-0.05, 0) is 28.1 Å². The van der Waals surface area contributed by atoms with Crippen molar-refractivity contribution in [3.8, 4) is 0 Å². The Kier molecular flexibility index (Phi) is 2.71. The van der Waals surface area contributed by atoms with E-state index >= 15 is 0 Å². The lowest BCUT2D eigenvalue weighted by Crippen LogP contribution is -2.03. The summed E-state index contributed by atoms with van der Waals surface area (Å²) in [5.41, 5.74) is 8.50. The number of nitrogens with zero attached hydrogens (tertiary/aromatic N) is 4. The molecule has 0 fully saturated rings. The number of hydrogen-bond acceptors (Lipinski definition) is 4. The number of hydrogen-bond donors (Lipinski definition) is 1. The molecule has 90 valence electrons. The third-order valence-electron chi connectivity index (χ3n) is 2.70. The number of nitrogen functional groups attached to an aromatic ring is 1. The lowest BCUT2D eigenvalue weighted by Gasteiger charge is -2.02. The van der Waals surface area contributed by atoms with Gasteiger partial charge in [-0.3, -0.25) is 14.6 Å². The second-order valence-corrected chi connectivity index (χ2v) is 4.64. The van der Waals surface area contributed by atoms with Crippen molar-refractivity contribution in [1.29, 1.82) is 0 Å². The van der Waals surface area contributed by atoms with Crippen molar-refractivity contribution in [3.05, 3.63) is 47.1 Å². The first-order valence-corrected chi connectivity index (χ1v) is 6.20. The van der Waals surface area contributed by atoms with Crippen LogP contribution in [0, 0.1) is 0 Å². The molecule has 0 bridgehead atoms. The number of aromatic nitrogens is 4. The Morgan fingerprint density at radius 3 is 2.94 bits per heavy atom. The van der Waals surface area contributed by atoms with Gasteiger partial charge in [0.05, 0.1) is 29.3 Å². The van der Waals surface area contributed by atoms with Gasteiger partial charge >= 0.3 is 0 Å². The highest BCUT2D eigenvalue weighted by Crippen LogP contribution is 2.28. The van der Waals surface area contributed by atoms with Gasteiger partial charge in [0.25, 0.3) is 0 Å². The minimum Gasteiger partial charge on any atom is -0.398 e. The normalized spacial score (nSPS) is 10.9. The fourth-order valence-corrected chi connectivity index (χ4v) is 2.52. The third-order valence-corrected chi connectivity index (χ3v) is 3.25. The molecule has 0 saturated heterocycles. The number of anilines is 1. The van der Waals surface area contributed by atoms with E-state index in [-0.39, 0.29) is 0 Å². The van der Waals surface area contributed by atoms with Crippen LogP contribution in [0.3, 0.4) is 0 Å². The van der Waals surface area contributed by atoms with Crippen LogP contribution in [0.5, 0.6) is 0 Å². The summed E-state index contributed by atoms with van der Waals surface area (Å²) in [5.74, 6) is 0. The molecule has 0 aliphatic heterocycles. The van der Waals surface area contributed by atoms with E-state index < -0.39 is 0 Å². The number of benzene rings is 1. The molecule has 2 heterocycles. The van der Waals surface area contributed by atoms with Crippen molar-refractivity contribution in [3.63, 3.8) is 0 Å². The average molecular weight is 304 g/mol. The Morgan fingerprint density at radius 1 is 1.28 bits per heavy atom. The van der Waals surface area contributed by atoms with Crippen LogP contribution in [0.15, 0.2) is 41.4 Å². The molecule has 0 saturated carbocycles. The Morgan fingerprint density at radius 2 is 2.17 bits per heavy atom. The molecule has 0 aliphatic rings. The maximum atomic E-state index is 5.95. The zero-order valence-electron chi connectivity index (χ0n) is 9.42. The lowest BCUT2D eigenvalue weighted by molar-refractivity contribution is 0.688. The number of halogens is 1. The van der Waals surface area contributed by atoms with E-state index in [0.717, 1.165) is 21.2 Å². The first kappa shape index (κ1) is 11.2. The van der Waals surface area contributed by atoms with Crippen LogP contribution in [0.25, 0.3) is 10.9 Å². The number of fused-ring (bicyclic) bond motifs is 1. The summed E-state index contributed by atoms with van der Waals surface area (Å²) in [6.45, 7) is 0.569. The van der Waals surface area contributed by atoms with E-state index in [0.29, 0.717) is 12.2 Å². The van der Waals surface area contributed by atoms with Gasteiger partial charge < -0.3 is 5.73 Å². The number of rotatable bonds is 2. The van der Waals surface area contributed by atoms with Crippen molar-refractivity contribution >= 4 is 32.5 Å². The van der Waals surface area contributed by atoms with Crippen LogP contribution in [-0.4, -0.2) is 19.7 Å². The van der Waals surface area contributed by atoms with Crippen LogP contribution in [-0.2, 0) is 6.54 Å². The molecule has 3 rings (SSSR count). The SMILES string of the molecule is Nc1cccc2c1c(Br)nn2Cc1cnccn1. The molecule has 3 aromatic rings. The van der Waals surface area contributed by atoms with E-state index in [9.17, 15) is 0 Å². The summed E-state index contributed by atoms with van der Waals surface area (Å²) in [6, 6.07) is 5.76. The summed E-state index contributed by atoms with van der Waals surface area (Å²) >= 11 is 3.43. The van der Waals surface area contributed by atoms with Gasteiger partial charge in [-0.2, -0.15) is 5.10 Å². The maximum absolute atomic E-state index is 5.95. The molecule has 5 nitrogen and oxygen atoms in total. The maximum Gasteiger partial charge on any atom is 0.138 e. The summed E-state index contributed by atoms with van der Waals surface area (Å²) in [6.07, 6.45) is 5.05. The monoisotopic (exact) mass is 303 g/mol. The highest BCUT2D eigenvalue weighted by molar-refractivity contribution is 9.10. The van der Waals surface area contributed by atoms with Crippen LogP contribution in [0.1, 0.15) is 5.69 Å². The van der Waals surface area contributed by atoms with Gasteiger partial charge in [0.2, 0.25) is 0 Å². The molecular weight excluding hydrogens is 294 g/mol.